The van der Waals surface area contributed by atoms with Crippen molar-refractivity contribution in [3.8, 4) is 0 Å². The Morgan fingerprint density at radius 3 is 1.36 bits per heavy atom. The quantitative estimate of drug-likeness (QED) is 0.517. The van der Waals surface area contributed by atoms with Crippen molar-refractivity contribution < 1.29 is 17.5 Å². The first-order chi connectivity index (χ1) is 5.80. The Bertz CT molecular complexity index is 332. The minimum atomic E-state index is -4.67. The zero-order chi connectivity index (χ0) is 10.5. The van der Waals surface area contributed by atoms with Gasteiger partial charge in [0.2, 0.25) is 0 Å². The van der Waals surface area contributed by atoms with Crippen LogP contribution in [0.2, 0.25) is 0 Å². The number of benzene rings is 1. The molecule has 0 aliphatic carbocycles. The van der Waals surface area contributed by atoms with Crippen LogP contribution in [-0.2, 0) is 10.4 Å². The molecule has 1 aromatic rings. The molecule has 0 amide bonds. The Labute approximate surface area is 106 Å². The van der Waals surface area contributed by atoms with E-state index in [1.807, 2.05) is 0 Å². The SMILES string of the molecule is Cc1ccccc1C.O=S(=O)(O)O.[Na]. The van der Waals surface area contributed by atoms with Crippen LogP contribution in [0.4, 0.5) is 0 Å². The van der Waals surface area contributed by atoms with Gasteiger partial charge >= 0.3 is 10.4 Å². The van der Waals surface area contributed by atoms with E-state index in [9.17, 15) is 0 Å². The average molecular weight is 227 g/mol. The summed E-state index contributed by atoms with van der Waals surface area (Å²) in [5.74, 6) is 0. The van der Waals surface area contributed by atoms with Crippen molar-refractivity contribution in [2.75, 3.05) is 0 Å². The predicted molar refractivity (Wildman–Crippen MR) is 55.8 cm³/mol. The molecule has 4 nitrogen and oxygen atoms in total. The molecule has 75 valence electrons. The van der Waals surface area contributed by atoms with E-state index >= 15 is 0 Å². The van der Waals surface area contributed by atoms with E-state index in [-0.39, 0.29) is 29.6 Å². The summed E-state index contributed by atoms with van der Waals surface area (Å²) in [6.07, 6.45) is 0. The standard InChI is InChI=1S/C8H10.Na.H2O4S/c1-7-5-3-4-6-8(7)2;;1-5(2,3)4/h3-6H,1-2H3;;(H2,1,2,3,4). The Morgan fingerprint density at radius 1 is 1.00 bits per heavy atom. The second-order valence-corrected chi connectivity index (χ2v) is 3.43. The van der Waals surface area contributed by atoms with Gasteiger partial charge in [-0.15, -0.1) is 0 Å². The van der Waals surface area contributed by atoms with Crippen LogP contribution in [0.25, 0.3) is 0 Å². The van der Waals surface area contributed by atoms with Gasteiger partial charge in [0.1, 0.15) is 0 Å². The van der Waals surface area contributed by atoms with E-state index in [4.69, 9.17) is 17.5 Å². The van der Waals surface area contributed by atoms with Crippen LogP contribution in [0.5, 0.6) is 0 Å². The summed E-state index contributed by atoms with van der Waals surface area (Å²) < 4.78 is 31.6. The van der Waals surface area contributed by atoms with Crippen molar-refractivity contribution in [1.29, 1.82) is 0 Å². The summed E-state index contributed by atoms with van der Waals surface area (Å²) in [5, 5.41) is 0. The van der Waals surface area contributed by atoms with Crippen molar-refractivity contribution in [3.63, 3.8) is 0 Å². The van der Waals surface area contributed by atoms with Gasteiger partial charge in [0, 0.05) is 29.6 Å². The van der Waals surface area contributed by atoms with Crippen molar-refractivity contribution in [2.24, 2.45) is 0 Å². The third-order valence-corrected chi connectivity index (χ3v) is 1.43. The van der Waals surface area contributed by atoms with Crippen LogP contribution < -0.4 is 0 Å². The van der Waals surface area contributed by atoms with Crippen molar-refractivity contribution in [2.45, 2.75) is 13.8 Å². The molecule has 0 unspecified atom stereocenters. The summed E-state index contributed by atoms with van der Waals surface area (Å²) in [7, 11) is -4.67. The van der Waals surface area contributed by atoms with Crippen molar-refractivity contribution >= 4 is 40.0 Å². The van der Waals surface area contributed by atoms with Crippen LogP contribution in [0.15, 0.2) is 24.3 Å². The fraction of sp³-hybridized carbons (Fsp3) is 0.250. The van der Waals surface area contributed by atoms with E-state index in [1.54, 1.807) is 0 Å². The first kappa shape index (κ1) is 16.5. The van der Waals surface area contributed by atoms with Gasteiger partial charge in [-0.1, -0.05) is 24.3 Å². The molecule has 1 aromatic carbocycles. The van der Waals surface area contributed by atoms with Crippen LogP contribution >= 0.6 is 0 Å². The maximum atomic E-state index is 8.74. The minimum Gasteiger partial charge on any atom is -0.264 e. The van der Waals surface area contributed by atoms with Gasteiger partial charge in [-0.05, 0) is 25.0 Å². The van der Waals surface area contributed by atoms with Gasteiger partial charge in [-0.2, -0.15) is 8.42 Å². The molecule has 0 spiro atoms. The molecule has 0 atom stereocenters. The molecule has 6 heteroatoms. The molecule has 1 rings (SSSR count). The summed E-state index contributed by atoms with van der Waals surface area (Å²) >= 11 is 0. The molecular weight excluding hydrogens is 215 g/mol. The summed E-state index contributed by atoms with van der Waals surface area (Å²) in [4.78, 5) is 0. The summed E-state index contributed by atoms with van der Waals surface area (Å²) in [6, 6.07) is 8.36. The number of aryl methyl sites for hydroxylation is 2. The third kappa shape index (κ3) is 12.1. The molecule has 0 aromatic heterocycles. The van der Waals surface area contributed by atoms with Gasteiger partial charge in [-0.25, -0.2) is 0 Å². The smallest absolute Gasteiger partial charge is 0.264 e. The molecule has 0 saturated carbocycles. The maximum absolute atomic E-state index is 8.74. The topological polar surface area (TPSA) is 74.6 Å². The first-order valence-corrected chi connectivity index (χ1v) is 4.92. The average Bonchev–Trinajstić information content (AvgIpc) is 1.92. The monoisotopic (exact) mass is 227 g/mol. The molecule has 2 N–H and O–H groups in total. The van der Waals surface area contributed by atoms with Crippen molar-refractivity contribution in [3.05, 3.63) is 35.4 Å². The van der Waals surface area contributed by atoms with E-state index in [0.29, 0.717) is 0 Å². The van der Waals surface area contributed by atoms with E-state index in [2.05, 4.69) is 38.1 Å². The Morgan fingerprint density at radius 2 is 1.21 bits per heavy atom. The van der Waals surface area contributed by atoms with Gasteiger partial charge in [-0.3, -0.25) is 9.11 Å². The molecule has 1 radical (unpaired) electrons. The van der Waals surface area contributed by atoms with Crippen LogP contribution in [0.3, 0.4) is 0 Å². The molecule has 14 heavy (non-hydrogen) atoms. The normalized spacial score (nSPS) is 9.43. The van der Waals surface area contributed by atoms with Crippen LogP contribution in [0, 0.1) is 13.8 Å². The predicted octanol–water partition coefficient (Wildman–Crippen LogP) is 1.27. The summed E-state index contributed by atoms with van der Waals surface area (Å²) in [6.45, 7) is 4.24. The van der Waals surface area contributed by atoms with Crippen LogP contribution in [-0.4, -0.2) is 47.1 Å². The molecule has 0 bridgehead atoms. The Balaban J connectivity index is 0. The van der Waals surface area contributed by atoms with E-state index in [1.165, 1.54) is 11.1 Å². The first-order valence-electron chi connectivity index (χ1n) is 3.53. The van der Waals surface area contributed by atoms with Gasteiger partial charge < -0.3 is 0 Å². The van der Waals surface area contributed by atoms with E-state index < -0.39 is 10.4 Å². The zero-order valence-corrected chi connectivity index (χ0v) is 11.2. The Kier molecular flexibility index (Phi) is 8.72. The third-order valence-electron chi connectivity index (χ3n) is 1.43. The van der Waals surface area contributed by atoms with Gasteiger partial charge in [0.05, 0.1) is 0 Å². The fourth-order valence-electron chi connectivity index (χ4n) is 0.663. The second kappa shape index (κ2) is 7.39. The zero-order valence-electron chi connectivity index (χ0n) is 8.43. The second-order valence-electron chi connectivity index (χ2n) is 2.53. The molecule has 0 heterocycles. The van der Waals surface area contributed by atoms with Crippen molar-refractivity contribution in [1.82, 2.24) is 0 Å². The van der Waals surface area contributed by atoms with Crippen LogP contribution in [0.1, 0.15) is 11.1 Å². The molecular formula is C8H12NaO4S. The fourth-order valence-corrected chi connectivity index (χ4v) is 0.663. The molecule has 0 fully saturated rings. The number of hydrogen-bond acceptors (Lipinski definition) is 2. The largest absolute Gasteiger partial charge is 0.394 e. The number of hydrogen-bond donors (Lipinski definition) is 2. The van der Waals surface area contributed by atoms with E-state index in [0.717, 1.165) is 0 Å². The molecule has 0 aliphatic heterocycles. The molecule has 0 aliphatic rings. The maximum Gasteiger partial charge on any atom is 0.394 e. The summed E-state index contributed by atoms with van der Waals surface area (Å²) in [5.41, 5.74) is 2.74. The van der Waals surface area contributed by atoms with Gasteiger partial charge in [0.15, 0.2) is 0 Å². The van der Waals surface area contributed by atoms with Gasteiger partial charge in [0.25, 0.3) is 0 Å². The number of rotatable bonds is 0. The molecule has 0 saturated heterocycles. The minimum absolute atomic E-state index is 0. The Hall–Kier alpha value is 0.0900.